The standard InChI is InChI=1S/C28H26ClFN6O5S/c1-17-14-19(35-42(39,40)24-9-3-2-8-21(24)29)15-22(30)25(17)41-26-20(7-4-11-31-26)23-10-12-32-27(34-23)33-18-6-5-13-36(16-18)28(37)38/h2-4,7-12,14-15,18,35H,5-6,13,16H2,1H3,(H,37,38)(H,32,33,34). The van der Waals surface area contributed by atoms with Gasteiger partial charge in [0.15, 0.2) is 11.6 Å². The highest BCUT2D eigenvalue weighted by atomic mass is 35.5. The number of carboxylic acid groups (broad SMARTS) is 1. The Morgan fingerprint density at radius 3 is 2.71 bits per heavy atom. The van der Waals surface area contributed by atoms with Gasteiger partial charge in [0.1, 0.15) is 4.90 Å². The van der Waals surface area contributed by atoms with Crippen LogP contribution in [-0.4, -0.2) is 58.6 Å². The van der Waals surface area contributed by atoms with Crippen molar-refractivity contribution in [2.45, 2.75) is 30.7 Å². The Kier molecular flexibility index (Phi) is 8.41. The summed E-state index contributed by atoms with van der Waals surface area (Å²) in [6.45, 7) is 2.37. The molecule has 0 aliphatic carbocycles. The summed E-state index contributed by atoms with van der Waals surface area (Å²) in [5, 5.41) is 12.5. The Bertz CT molecular complexity index is 1720. The van der Waals surface area contributed by atoms with Crippen molar-refractivity contribution >= 4 is 39.4 Å². The fraction of sp³-hybridized carbons (Fsp3) is 0.214. The first kappa shape index (κ1) is 29.0. The lowest BCUT2D eigenvalue weighted by atomic mass is 10.1. The molecule has 5 rings (SSSR count). The van der Waals surface area contributed by atoms with Crippen LogP contribution >= 0.6 is 11.6 Å². The van der Waals surface area contributed by atoms with Crippen molar-refractivity contribution in [3.05, 3.63) is 83.4 Å². The molecule has 0 bridgehead atoms. The number of likely N-dealkylation sites (tertiary alicyclic amines) is 1. The van der Waals surface area contributed by atoms with Crippen molar-refractivity contribution in [3.8, 4) is 22.9 Å². The molecule has 1 amide bonds. The Labute approximate surface area is 246 Å². The van der Waals surface area contributed by atoms with Gasteiger partial charge in [-0.3, -0.25) is 4.72 Å². The fourth-order valence-electron chi connectivity index (χ4n) is 4.59. The number of nitrogens with one attached hydrogen (secondary N) is 2. The molecule has 2 aromatic heterocycles. The quantitative estimate of drug-likeness (QED) is 0.225. The minimum Gasteiger partial charge on any atom is -0.465 e. The van der Waals surface area contributed by atoms with Gasteiger partial charge in [0.2, 0.25) is 11.8 Å². The van der Waals surface area contributed by atoms with E-state index in [4.69, 9.17) is 16.3 Å². The third kappa shape index (κ3) is 6.52. The SMILES string of the molecule is Cc1cc(NS(=O)(=O)c2ccccc2Cl)cc(F)c1Oc1ncccc1-c1ccnc(NC2CCCN(C(=O)O)C2)n1. The average Bonchev–Trinajstić information content (AvgIpc) is 2.95. The van der Waals surface area contributed by atoms with Crippen LogP contribution in [0.15, 0.2) is 71.9 Å². The number of piperidine rings is 1. The predicted octanol–water partition coefficient (Wildman–Crippen LogP) is 5.79. The van der Waals surface area contributed by atoms with Gasteiger partial charge in [-0.1, -0.05) is 23.7 Å². The van der Waals surface area contributed by atoms with Crippen LogP contribution in [0.3, 0.4) is 0 Å². The lowest BCUT2D eigenvalue weighted by molar-refractivity contribution is 0.132. The number of rotatable bonds is 8. The Morgan fingerprint density at radius 1 is 1.14 bits per heavy atom. The number of carbonyl (C=O) groups is 1. The minimum atomic E-state index is -4.07. The molecule has 1 fully saturated rings. The van der Waals surface area contributed by atoms with Crippen LogP contribution in [0.5, 0.6) is 11.6 Å². The number of halogens is 2. The lowest BCUT2D eigenvalue weighted by Gasteiger charge is -2.31. The zero-order valence-electron chi connectivity index (χ0n) is 22.3. The van der Waals surface area contributed by atoms with E-state index in [1.54, 1.807) is 37.4 Å². The van der Waals surface area contributed by atoms with E-state index in [1.807, 2.05) is 0 Å². The number of anilines is 2. The van der Waals surface area contributed by atoms with Gasteiger partial charge in [-0.2, -0.15) is 0 Å². The second-order valence-corrected chi connectivity index (χ2v) is 11.6. The molecular weight excluding hydrogens is 587 g/mol. The minimum absolute atomic E-state index is 0.00536. The molecule has 0 radical (unpaired) electrons. The van der Waals surface area contributed by atoms with Gasteiger partial charge >= 0.3 is 6.09 Å². The second-order valence-electron chi connectivity index (χ2n) is 9.58. The number of pyridine rings is 1. The van der Waals surface area contributed by atoms with E-state index in [9.17, 15) is 18.3 Å². The largest absolute Gasteiger partial charge is 0.465 e. The molecule has 2 aromatic carbocycles. The fourth-order valence-corrected chi connectivity index (χ4v) is 6.15. The van der Waals surface area contributed by atoms with Gasteiger partial charge < -0.3 is 20.1 Å². The molecule has 3 N–H and O–H groups in total. The van der Waals surface area contributed by atoms with Crippen molar-refractivity contribution < 1.29 is 27.4 Å². The number of ether oxygens (including phenoxy) is 1. The number of nitrogens with zero attached hydrogens (tertiary/aromatic N) is 4. The van der Waals surface area contributed by atoms with E-state index in [2.05, 4.69) is 25.0 Å². The Morgan fingerprint density at radius 2 is 1.95 bits per heavy atom. The van der Waals surface area contributed by atoms with Gasteiger partial charge in [-0.15, -0.1) is 0 Å². The molecule has 11 nitrogen and oxygen atoms in total. The number of sulfonamides is 1. The van der Waals surface area contributed by atoms with E-state index in [1.165, 1.54) is 35.4 Å². The van der Waals surface area contributed by atoms with Crippen molar-refractivity contribution in [2.75, 3.05) is 23.1 Å². The smallest absolute Gasteiger partial charge is 0.407 e. The summed E-state index contributed by atoms with van der Waals surface area (Å²) in [7, 11) is -4.07. The van der Waals surface area contributed by atoms with E-state index in [-0.39, 0.29) is 33.3 Å². The molecule has 3 heterocycles. The summed E-state index contributed by atoms with van der Waals surface area (Å²) in [4.78, 5) is 25.7. The topological polar surface area (TPSA) is 147 Å². The molecular formula is C28H26ClFN6O5S. The van der Waals surface area contributed by atoms with Crippen molar-refractivity contribution in [1.29, 1.82) is 0 Å². The van der Waals surface area contributed by atoms with Gasteiger partial charge in [-0.25, -0.2) is 32.6 Å². The maximum absolute atomic E-state index is 15.3. The Balaban J connectivity index is 1.37. The van der Waals surface area contributed by atoms with Gasteiger partial charge in [0.05, 0.1) is 22.0 Å². The summed E-state index contributed by atoms with van der Waals surface area (Å²) in [6, 6.07) is 13.3. The van der Waals surface area contributed by atoms with E-state index >= 15 is 4.39 Å². The van der Waals surface area contributed by atoms with E-state index in [0.717, 1.165) is 18.9 Å². The van der Waals surface area contributed by atoms with E-state index < -0.39 is 21.9 Å². The molecule has 0 spiro atoms. The summed E-state index contributed by atoms with van der Waals surface area (Å²) in [5.41, 5.74) is 1.22. The molecule has 14 heteroatoms. The van der Waals surface area contributed by atoms with Crippen LogP contribution in [0.2, 0.25) is 5.02 Å². The van der Waals surface area contributed by atoms with Crippen LogP contribution in [0.1, 0.15) is 18.4 Å². The van der Waals surface area contributed by atoms with Gasteiger partial charge in [-0.05, 0) is 61.7 Å². The number of aryl methyl sites for hydroxylation is 1. The predicted molar refractivity (Wildman–Crippen MR) is 155 cm³/mol. The van der Waals surface area contributed by atoms with Crippen molar-refractivity contribution in [1.82, 2.24) is 19.9 Å². The van der Waals surface area contributed by atoms with Crippen molar-refractivity contribution in [2.24, 2.45) is 0 Å². The summed E-state index contributed by atoms with van der Waals surface area (Å²) < 4.78 is 49.2. The van der Waals surface area contributed by atoms with Crippen molar-refractivity contribution in [3.63, 3.8) is 0 Å². The maximum Gasteiger partial charge on any atom is 0.407 e. The summed E-state index contributed by atoms with van der Waals surface area (Å²) >= 11 is 6.04. The molecule has 1 aliphatic rings. The zero-order chi connectivity index (χ0) is 29.9. The second kappa shape index (κ2) is 12.2. The molecule has 0 saturated carbocycles. The van der Waals surface area contributed by atoms with Gasteiger partial charge in [0, 0.05) is 37.6 Å². The highest BCUT2D eigenvalue weighted by molar-refractivity contribution is 7.92. The van der Waals surface area contributed by atoms with Crippen LogP contribution < -0.4 is 14.8 Å². The number of hydrogen-bond acceptors (Lipinski definition) is 8. The van der Waals surface area contributed by atoms with Crippen LogP contribution in [-0.2, 0) is 10.0 Å². The first-order valence-corrected chi connectivity index (χ1v) is 14.7. The molecule has 1 saturated heterocycles. The van der Waals surface area contributed by atoms with E-state index in [0.29, 0.717) is 35.9 Å². The molecule has 1 aliphatic heterocycles. The average molecular weight is 613 g/mol. The van der Waals surface area contributed by atoms with Crippen LogP contribution in [0.25, 0.3) is 11.3 Å². The first-order valence-electron chi connectivity index (χ1n) is 12.9. The lowest BCUT2D eigenvalue weighted by Crippen LogP contribution is -2.44. The molecule has 4 aromatic rings. The monoisotopic (exact) mass is 612 g/mol. The molecule has 42 heavy (non-hydrogen) atoms. The molecule has 1 atom stereocenters. The number of aromatic nitrogens is 3. The van der Waals surface area contributed by atoms with Crippen LogP contribution in [0.4, 0.5) is 20.8 Å². The zero-order valence-corrected chi connectivity index (χ0v) is 23.9. The van der Waals surface area contributed by atoms with Gasteiger partial charge in [0.25, 0.3) is 10.0 Å². The highest BCUT2D eigenvalue weighted by Gasteiger charge is 2.24. The van der Waals surface area contributed by atoms with Crippen LogP contribution in [0, 0.1) is 12.7 Å². The Hall–Kier alpha value is -4.49. The number of amides is 1. The normalized spacial score (nSPS) is 15.2. The maximum atomic E-state index is 15.3. The number of hydrogen-bond donors (Lipinski definition) is 3. The highest BCUT2D eigenvalue weighted by Crippen LogP contribution is 2.35. The molecule has 218 valence electrons. The first-order chi connectivity index (χ1) is 20.1. The third-order valence-corrected chi connectivity index (χ3v) is 8.42. The summed E-state index contributed by atoms with van der Waals surface area (Å²) in [5.74, 6) is -0.576. The number of benzene rings is 2. The molecule has 1 unspecified atom stereocenters. The third-order valence-electron chi connectivity index (χ3n) is 6.53. The summed E-state index contributed by atoms with van der Waals surface area (Å²) in [6.07, 6.45) is 3.55.